The van der Waals surface area contributed by atoms with E-state index in [1.165, 1.54) is 0 Å². The van der Waals surface area contributed by atoms with E-state index >= 15 is 0 Å². The van der Waals surface area contributed by atoms with E-state index in [9.17, 15) is 4.79 Å². The molecule has 1 unspecified atom stereocenters. The Balaban J connectivity index is 1.84. The van der Waals surface area contributed by atoms with Crippen LogP contribution in [0.25, 0.3) is 0 Å². The molecule has 0 aliphatic carbocycles. The van der Waals surface area contributed by atoms with Crippen LogP contribution in [-0.2, 0) is 15.1 Å². The fourth-order valence-corrected chi connectivity index (χ4v) is 3.17. The topological polar surface area (TPSA) is 38.3 Å². The second-order valence-electron chi connectivity index (χ2n) is 5.80. The molecule has 3 heteroatoms. The van der Waals surface area contributed by atoms with Gasteiger partial charge in [0.2, 0.25) is 0 Å². The van der Waals surface area contributed by atoms with Gasteiger partial charge in [0.1, 0.15) is 0 Å². The third-order valence-electron chi connectivity index (χ3n) is 4.34. The van der Waals surface area contributed by atoms with E-state index in [0.29, 0.717) is 0 Å². The molecule has 24 heavy (non-hydrogen) atoms. The predicted molar refractivity (Wildman–Crippen MR) is 92.1 cm³/mol. The Morgan fingerprint density at radius 3 is 1.67 bits per heavy atom. The van der Waals surface area contributed by atoms with Gasteiger partial charge in [0.05, 0.1) is 0 Å². The average molecular weight is 315 g/mol. The second-order valence-corrected chi connectivity index (χ2v) is 5.80. The first-order chi connectivity index (χ1) is 11.8. The van der Waals surface area contributed by atoms with Crippen molar-refractivity contribution < 1.29 is 9.53 Å². The lowest BCUT2D eigenvalue weighted by molar-refractivity contribution is -0.130. The molecule has 0 radical (unpaired) electrons. The van der Waals surface area contributed by atoms with Crippen LogP contribution in [0.1, 0.15) is 22.9 Å². The first-order valence-corrected chi connectivity index (χ1v) is 7.95. The minimum Gasteiger partial charge on any atom is -0.328 e. The summed E-state index contributed by atoms with van der Waals surface area (Å²) in [7, 11) is 0. The Labute approximate surface area is 140 Å². The number of hydrogen-bond acceptors (Lipinski definition) is 2. The summed E-state index contributed by atoms with van der Waals surface area (Å²) >= 11 is 0. The molecule has 1 heterocycles. The van der Waals surface area contributed by atoms with Crippen LogP contribution in [0.15, 0.2) is 91.0 Å². The molecular formula is C21H17NO2. The zero-order valence-corrected chi connectivity index (χ0v) is 13.1. The summed E-state index contributed by atoms with van der Waals surface area (Å²) in [6.07, 6.45) is -0.473. The smallest absolute Gasteiger partial charge is 0.263 e. The van der Waals surface area contributed by atoms with Gasteiger partial charge in [-0.3, -0.25) is 4.79 Å². The SMILES string of the molecule is O=C1NC(c2ccccc2)OC1(c1ccccc1)c1ccccc1. The molecule has 0 bridgehead atoms. The van der Waals surface area contributed by atoms with Crippen LogP contribution in [0.4, 0.5) is 0 Å². The molecule has 1 fully saturated rings. The number of carbonyl (C=O) groups excluding carboxylic acids is 1. The number of nitrogens with one attached hydrogen (secondary N) is 1. The number of rotatable bonds is 3. The summed E-state index contributed by atoms with van der Waals surface area (Å²) in [5.41, 5.74) is 1.45. The minimum atomic E-state index is -1.14. The van der Waals surface area contributed by atoms with Crippen molar-refractivity contribution >= 4 is 5.91 Å². The van der Waals surface area contributed by atoms with E-state index in [1.54, 1.807) is 0 Å². The van der Waals surface area contributed by atoms with Crippen molar-refractivity contribution in [2.75, 3.05) is 0 Å². The zero-order valence-electron chi connectivity index (χ0n) is 13.1. The fourth-order valence-electron chi connectivity index (χ4n) is 3.17. The van der Waals surface area contributed by atoms with Gasteiger partial charge in [0.15, 0.2) is 11.8 Å². The fraction of sp³-hybridized carbons (Fsp3) is 0.0952. The Kier molecular flexibility index (Phi) is 3.63. The number of carbonyl (C=O) groups is 1. The quantitative estimate of drug-likeness (QED) is 0.799. The molecular weight excluding hydrogens is 298 g/mol. The van der Waals surface area contributed by atoms with Crippen molar-refractivity contribution in [3.05, 3.63) is 108 Å². The standard InChI is InChI=1S/C21H17NO2/c23-20-21(17-12-6-2-7-13-17,18-14-8-3-9-15-18)24-19(22-20)16-10-4-1-5-11-16/h1-15,19H,(H,22,23). The minimum absolute atomic E-state index is 0.145. The van der Waals surface area contributed by atoms with Crippen LogP contribution < -0.4 is 5.32 Å². The monoisotopic (exact) mass is 315 g/mol. The van der Waals surface area contributed by atoms with E-state index in [1.807, 2.05) is 91.0 Å². The number of hydrogen-bond donors (Lipinski definition) is 1. The molecule has 1 aliphatic heterocycles. The van der Waals surface area contributed by atoms with Crippen molar-refractivity contribution in [1.82, 2.24) is 5.32 Å². The Morgan fingerprint density at radius 2 is 1.17 bits per heavy atom. The molecule has 1 N–H and O–H groups in total. The van der Waals surface area contributed by atoms with Crippen LogP contribution in [-0.4, -0.2) is 5.91 Å². The third kappa shape index (κ3) is 2.30. The maximum atomic E-state index is 13.0. The molecule has 1 atom stereocenters. The summed E-state index contributed by atoms with van der Waals surface area (Å²) in [4.78, 5) is 13.0. The van der Waals surface area contributed by atoms with Gasteiger partial charge in [-0.1, -0.05) is 91.0 Å². The summed E-state index contributed by atoms with van der Waals surface area (Å²) < 4.78 is 6.36. The average Bonchev–Trinajstić information content (AvgIpc) is 3.02. The van der Waals surface area contributed by atoms with Gasteiger partial charge >= 0.3 is 0 Å². The van der Waals surface area contributed by atoms with E-state index in [-0.39, 0.29) is 5.91 Å². The Bertz CT molecular complexity index is 792. The molecule has 3 aromatic rings. The molecule has 1 aliphatic rings. The summed E-state index contributed by atoms with van der Waals surface area (Å²) in [5.74, 6) is -0.145. The molecule has 1 amide bonds. The first-order valence-electron chi connectivity index (χ1n) is 7.95. The normalized spacial score (nSPS) is 19.0. The van der Waals surface area contributed by atoms with Crippen LogP contribution in [0, 0.1) is 0 Å². The maximum Gasteiger partial charge on any atom is 0.263 e. The molecule has 1 saturated heterocycles. The molecule has 3 nitrogen and oxygen atoms in total. The largest absolute Gasteiger partial charge is 0.328 e. The van der Waals surface area contributed by atoms with Gasteiger partial charge in [-0.15, -0.1) is 0 Å². The van der Waals surface area contributed by atoms with Crippen LogP contribution in [0.2, 0.25) is 0 Å². The molecule has 0 saturated carbocycles. The molecule has 0 aromatic heterocycles. The van der Waals surface area contributed by atoms with Gasteiger partial charge in [0, 0.05) is 5.56 Å². The van der Waals surface area contributed by atoms with Crippen LogP contribution in [0.5, 0.6) is 0 Å². The summed E-state index contributed by atoms with van der Waals surface area (Å²) in [5, 5.41) is 3.00. The van der Waals surface area contributed by atoms with Crippen molar-refractivity contribution in [3.8, 4) is 0 Å². The molecule has 3 aromatic carbocycles. The number of amides is 1. The predicted octanol–water partition coefficient (Wildman–Crippen LogP) is 3.78. The van der Waals surface area contributed by atoms with Crippen molar-refractivity contribution in [3.63, 3.8) is 0 Å². The highest BCUT2D eigenvalue weighted by molar-refractivity contribution is 5.92. The summed E-state index contributed by atoms with van der Waals surface area (Å²) in [6.45, 7) is 0. The second kappa shape index (κ2) is 5.95. The molecule has 0 spiro atoms. The zero-order chi connectivity index (χ0) is 16.4. The van der Waals surface area contributed by atoms with Gasteiger partial charge in [0.25, 0.3) is 5.91 Å². The highest BCUT2D eigenvalue weighted by Gasteiger charge is 2.51. The molecule has 4 rings (SSSR count). The van der Waals surface area contributed by atoms with E-state index < -0.39 is 11.8 Å². The lowest BCUT2D eigenvalue weighted by Gasteiger charge is -2.27. The van der Waals surface area contributed by atoms with Crippen LogP contribution in [0.3, 0.4) is 0 Å². The van der Waals surface area contributed by atoms with Crippen molar-refractivity contribution in [2.24, 2.45) is 0 Å². The van der Waals surface area contributed by atoms with E-state index in [2.05, 4.69) is 5.32 Å². The number of ether oxygens (including phenoxy) is 1. The van der Waals surface area contributed by atoms with E-state index in [0.717, 1.165) is 16.7 Å². The highest BCUT2D eigenvalue weighted by Crippen LogP contribution is 2.42. The van der Waals surface area contributed by atoms with Gasteiger partial charge in [-0.05, 0) is 11.1 Å². The van der Waals surface area contributed by atoms with Gasteiger partial charge < -0.3 is 10.1 Å². The van der Waals surface area contributed by atoms with Gasteiger partial charge in [-0.2, -0.15) is 0 Å². The van der Waals surface area contributed by atoms with Crippen molar-refractivity contribution in [1.29, 1.82) is 0 Å². The highest BCUT2D eigenvalue weighted by atomic mass is 16.5. The maximum absolute atomic E-state index is 13.0. The Hall–Kier alpha value is -2.91. The van der Waals surface area contributed by atoms with Crippen LogP contribution >= 0.6 is 0 Å². The van der Waals surface area contributed by atoms with Gasteiger partial charge in [-0.25, -0.2) is 0 Å². The van der Waals surface area contributed by atoms with Crippen molar-refractivity contribution in [2.45, 2.75) is 11.8 Å². The third-order valence-corrected chi connectivity index (χ3v) is 4.34. The first kappa shape index (κ1) is 14.7. The lowest BCUT2D eigenvalue weighted by atomic mass is 9.86. The molecule has 118 valence electrons. The Morgan fingerprint density at radius 1 is 0.708 bits per heavy atom. The van der Waals surface area contributed by atoms with E-state index in [4.69, 9.17) is 4.74 Å². The summed E-state index contributed by atoms with van der Waals surface area (Å²) in [6, 6.07) is 29.0. The lowest BCUT2D eigenvalue weighted by Crippen LogP contribution is -2.37. The number of benzene rings is 3.